The molecule has 0 saturated carbocycles. The Bertz CT molecular complexity index is 712. The lowest BCUT2D eigenvalue weighted by Crippen LogP contribution is -2.61. The maximum atomic E-state index is 12.6. The van der Waals surface area contributed by atoms with Crippen LogP contribution < -0.4 is 4.74 Å². The average Bonchev–Trinajstić information content (AvgIpc) is 2.77. The Morgan fingerprint density at radius 3 is 2.50 bits per heavy atom. The molecule has 0 aromatic heterocycles. The van der Waals surface area contributed by atoms with Crippen LogP contribution >= 0.6 is 11.8 Å². The van der Waals surface area contributed by atoms with Gasteiger partial charge in [0, 0.05) is 13.1 Å². The molecule has 22 heavy (non-hydrogen) atoms. The standard InChI is InChI=1S/C13H14N2O5S2/c1-20-10-4-2-3-5-11(10)22(18,19)14-6-9(7-14)15-12(16)8-21-13(15)17/h2-5,9H,6-8H2,1H3. The summed E-state index contributed by atoms with van der Waals surface area (Å²) in [6, 6.07) is 5.99. The number of ether oxygens (including phenoxy) is 1. The number of rotatable bonds is 4. The molecule has 2 heterocycles. The van der Waals surface area contributed by atoms with Crippen molar-refractivity contribution in [1.29, 1.82) is 0 Å². The number of hydrogen-bond donors (Lipinski definition) is 0. The molecular weight excluding hydrogens is 328 g/mol. The number of hydrogen-bond acceptors (Lipinski definition) is 6. The largest absolute Gasteiger partial charge is 0.495 e. The van der Waals surface area contributed by atoms with Gasteiger partial charge in [-0.15, -0.1) is 0 Å². The normalized spacial score (nSPS) is 20.3. The summed E-state index contributed by atoms with van der Waals surface area (Å²) in [4.78, 5) is 24.5. The van der Waals surface area contributed by atoms with Crippen molar-refractivity contribution < 1.29 is 22.7 Å². The van der Waals surface area contributed by atoms with E-state index in [0.29, 0.717) is 0 Å². The van der Waals surface area contributed by atoms with Crippen molar-refractivity contribution in [3.63, 3.8) is 0 Å². The van der Waals surface area contributed by atoms with Gasteiger partial charge in [0.1, 0.15) is 10.6 Å². The number of methoxy groups -OCH3 is 1. The van der Waals surface area contributed by atoms with E-state index in [-0.39, 0.29) is 46.7 Å². The van der Waals surface area contributed by atoms with Crippen LogP contribution in [-0.4, -0.2) is 60.8 Å². The Hall–Kier alpha value is -1.58. The highest BCUT2D eigenvalue weighted by Gasteiger charge is 2.46. The molecule has 0 N–H and O–H groups in total. The van der Waals surface area contributed by atoms with Crippen LogP contribution in [0, 0.1) is 0 Å². The summed E-state index contributed by atoms with van der Waals surface area (Å²) in [5.41, 5.74) is 0. The second kappa shape index (κ2) is 5.56. The monoisotopic (exact) mass is 342 g/mol. The summed E-state index contributed by atoms with van der Waals surface area (Å²) in [7, 11) is -2.28. The van der Waals surface area contributed by atoms with Gasteiger partial charge in [-0.05, 0) is 12.1 Å². The van der Waals surface area contributed by atoms with Crippen LogP contribution in [0.5, 0.6) is 5.75 Å². The molecule has 2 fully saturated rings. The number of carbonyl (C=O) groups excluding carboxylic acids is 2. The SMILES string of the molecule is COc1ccccc1S(=O)(=O)N1CC(N2C(=O)CSC2=O)C1. The predicted molar refractivity (Wildman–Crippen MR) is 80.2 cm³/mol. The van der Waals surface area contributed by atoms with E-state index >= 15 is 0 Å². The van der Waals surface area contributed by atoms with Crippen molar-refractivity contribution in [1.82, 2.24) is 9.21 Å². The van der Waals surface area contributed by atoms with Gasteiger partial charge < -0.3 is 4.74 Å². The van der Waals surface area contributed by atoms with Gasteiger partial charge >= 0.3 is 0 Å². The number of para-hydroxylation sites is 1. The molecule has 7 nitrogen and oxygen atoms in total. The number of carbonyl (C=O) groups is 2. The van der Waals surface area contributed by atoms with Crippen molar-refractivity contribution >= 4 is 32.9 Å². The highest BCUT2D eigenvalue weighted by molar-refractivity contribution is 8.14. The number of thioether (sulfide) groups is 1. The molecule has 2 aliphatic rings. The minimum atomic E-state index is -3.69. The van der Waals surface area contributed by atoms with Gasteiger partial charge in [0.2, 0.25) is 15.9 Å². The molecule has 9 heteroatoms. The Balaban J connectivity index is 1.77. The summed E-state index contributed by atoms with van der Waals surface area (Å²) in [5.74, 6) is 0.151. The van der Waals surface area contributed by atoms with E-state index in [1.54, 1.807) is 18.2 Å². The van der Waals surface area contributed by atoms with Gasteiger partial charge in [0.05, 0.1) is 18.9 Å². The number of imide groups is 1. The molecular formula is C13H14N2O5S2. The first-order valence-electron chi connectivity index (χ1n) is 6.57. The highest BCUT2D eigenvalue weighted by atomic mass is 32.2. The second-order valence-electron chi connectivity index (χ2n) is 4.95. The maximum Gasteiger partial charge on any atom is 0.289 e. The van der Waals surface area contributed by atoms with E-state index in [1.165, 1.54) is 22.4 Å². The first kappa shape index (κ1) is 15.3. The van der Waals surface area contributed by atoms with Crippen molar-refractivity contribution in [2.45, 2.75) is 10.9 Å². The molecule has 0 atom stereocenters. The minimum absolute atomic E-state index is 0.0874. The zero-order valence-electron chi connectivity index (χ0n) is 11.8. The number of nitrogens with zero attached hydrogens (tertiary/aromatic N) is 2. The van der Waals surface area contributed by atoms with Crippen LogP contribution in [0.25, 0.3) is 0 Å². The van der Waals surface area contributed by atoms with Crippen molar-refractivity contribution in [2.24, 2.45) is 0 Å². The molecule has 3 rings (SSSR count). The molecule has 2 amide bonds. The quantitative estimate of drug-likeness (QED) is 0.803. The van der Waals surface area contributed by atoms with Crippen LogP contribution in [0.3, 0.4) is 0 Å². The van der Waals surface area contributed by atoms with Crippen molar-refractivity contribution in [2.75, 3.05) is 26.0 Å². The zero-order chi connectivity index (χ0) is 15.9. The molecule has 0 spiro atoms. The Labute approximate surface area is 132 Å². The first-order chi connectivity index (χ1) is 10.4. The van der Waals surface area contributed by atoms with Crippen LogP contribution in [0.15, 0.2) is 29.2 Å². The van der Waals surface area contributed by atoms with E-state index in [2.05, 4.69) is 0 Å². The molecule has 1 aromatic carbocycles. The molecule has 1 aromatic rings. The summed E-state index contributed by atoms with van der Waals surface area (Å²) < 4.78 is 31.5. The fourth-order valence-electron chi connectivity index (χ4n) is 2.46. The third-order valence-corrected chi connectivity index (χ3v) is 6.37. The highest BCUT2D eigenvalue weighted by Crippen LogP contribution is 2.32. The van der Waals surface area contributed by atoms with E-state index in [4.69, 9.17) is 4.74 Å². The first-order valence-corrected chi connectivity index (χ1v) is 8.99. The van der Waals surface area contributed by atoms with Gasteiger partial charge in [0.25, 0.3) is 5.24 Å². The van der Waals surface area contributed by atoms with Gasteiger partial charge in [-0.1, -0.05) is 23.9 Å². The third-order valence-electron chi connectivity index (χ3n) is 3.67. The average molecular weight is 342 g/mol. The Kier molecular flexibility index (Phi) is 3.87. The summed E-state index contributed by atoms with van der Waals surface area (Å²) in [6.07, 6.45) is 0. The Morgan fingerprint density at radius 2 is 1.91 bits per heavy atom. The van der Waals surface area contributed by atoms with Crippen LogP contribution in [0.2, 0.25) is 0 Å². The lowest BCUT2D eigenvalue weighted by Gasteiger charge is -2.41. The van der Waals surface area contributed by atoms with Crippen LogP contribution in [-0.2, 0) is 14.8 Å². The fraction of sp³-hybridized carbons (Fsp3) is 0.385. The van der Waals surface area contributed by atoms with Gasteiger partial charge in [-0.25, -0.2) is 8.42 Å². The topological polar surface area (TPSA) is 84.0 Å². The smallest absolute Gasteiger partial charge is 0.289 e. The number of amides is 2. The lowest BCUT2D eigenvalue weighted by atomic mass is 10.1. The van der Waals surface area contributed by atoms with Gasteiger partial charge in [-0.3, -0.25) is 14.5 Å². The predicted octanol–water partition coefficient (Wildman–Crippen LogP) is 0.763. The van der Waals surface area contributed by atoms with E-state index in [9.17, 15) is 18.0 Å². The second-order valence-corrected chi connectivity index (χ2v) is 7.78. The van der Waals surface area contributed by atoms with Gasteiger partial charge in [-0.2, -0.15) is 4.31 Å². The van der Waals surface area contributed by atoms with E-state index in [0.717, 1.165) is 11.8 Å². The number of sulfonamides is 1. The zero-order valence-corrected chi connectivity index (χ0v) is 13.4. The van der Waals surface area contributed by atoms with Crippen LogP contribution in [0.1, 0.15) is 0 Å². The molecule has 2 aliphatic heterocycles. The summed E-state index contributed by atoms with van der Waals surface area (Å²) in [6.45, 7) is 0.247. The summed E-state index contributed by atoms with van der Waals surface area (Å²) in [5, 5.41) is -0.302. The molecule has 0 radical (unpaired) electrons. The third kappa shape index (κ3) is 2.38. The minimum Gasteiger partial charge on any atom is -0.495 e. The maximum absolute atomic E-state index is 12.6. The van der Waals surface area contributed by atoms with E-state index in [1.807, 2.05) is 0 Å². The Morgan fingerprint density at radius 1 is 1.23 bits per heavy atom. The lowest BCUT2D eigenvalue weighted by molar-refractivity contribution is -0.127. The van der Waals surface area contributed by atoms with Crippen molar-refractivity contribution in [3.05, 3.63) is 24.3 Å². The molecule has 118 valence electrons. The molecule has 2 saturated heterocycles. The molecule has 0 unspecified atom stereocenters. The fourth-order valence-corrected chi connectivity index (χ4v) is 4.91. The van der Waals surface area contributed by atoms with Crippen molar-refractivity contribution in [3.8, 4) is 5.75 Å². The van der Waals surface area contributed by atoms with Crippen LogP contribution in [0.4, 0.5) is 4.79 Å². The van der Waals surface area contributed by atoms with Gasteiger partial charge in [0.15, 0.2) is 0 Å². The van der Waals surface area contributed by atoms with E-state index < -0.39 is 10.0 Å². The summed E-state index contributed by atoms with van der Waals surface area (Å²) >= 11 is 0.952. The molecule has 0 aliphatic carbocycles. The molecule has 0 bridgehead atoms. The number of benzene rings is 1.